The molecule has 0 amide bonds. The van der Waals surface area contributed by atoms with Crippen molar-refractivity contribution < 1.29 is 0 Å². The Balaban J connectivity index is 2.18. The lowest BCUT2D eigenvalue weighted by atomic mass is 9.90. The molecule has 0 radical (unpaired) electrons. The molecular weight excluding hydrogens is 254 g/mol. The molecule has 0 aromatic carbocycles. The Morgan fingerprint density at radius 3 is 3.07 bits per heavy atom. The molecule has 3 nitrogen and oxygen atoms in total. The van der Waals surface area contributed by atoms with Gasteiger partial charge >= 0.3 is 0 Å². The largest absolute Gasteiger partial charge is 0.370 e. The molecule has 1 unspecified atom stereocenters. The molecule has 0 spiro atoms. The van der Waals surface area contributed by atoms with Gasteiger partial charge in [-0.2, -0.15) is 0 Å². The minimum Gasteiger partial charge on any atom is -0.370 e. The van der Waals surface area contributed by atoms with Gasteiger partial charge in [-0.05, 0) is 40.4 Å². The van der Waals surface area contributed by atoms with Crippen LogP contribution in [-0.2, 0) is 0 Å². The fourth-order valence-corrected chi connectivity index (χ4v) is 2.52. The van der Waals surface area contributed by atoms with Gasteiger partial charge in [-0.15, -0.1) is 0 Å². The van der Waals surface area contributed by atoms with Crippen molar-refractivity contribution in [2.24, 2.45) is 11.1 Å². The summed E-state index contributed by atoms with van der Waals surface area (Å²) in [6.45, 7) is 5.12. The number of hydrogen-bond acceptors (Lipinski definition) is 3. The smallest absolute Gasteiger partial charge is 0.0592 e. The number of halogens is 1. The number of nitrogens with two attached hydrogens (primary N) is 1. The zero-order chi connectivity index (χ0) is 10.9. The normalized spacial score (nSPS) is 25.9. The van der Waals surface area contributed by atoms with Crippen LogP contribution < -0.4 is 10.6 Å². The van der Waals surface area contributed by atoms with Gasteiger partial charge < -0.3 is 10.6 Å². The van der Waals surface area contributed by atoms with Crippen LogP contribution in [0.2, 0.25) is 0 Å². The van der Waals surface area contributed by atoms with Crippen LogP contribution in [0.4, 0.5) is 5.69 Å². The predicted octanol–water partition coefficient (Wildman–Crippen LogP) is 2.02. The van der Waals surface area contributed by atoms with Crippen molar-refractivity contribution in [2.45, 2.75) is 13.3 Å². The van der Waals surface area contributed by atoms with Crippen LogP contribution in [0, 0.1) is 5.41 Å². The SMILES string of the molecule is CC1(CN)CCN(c2ccncc2Br)C1. The maximum absolute atomic E-state index is 5.80. The highest BCUT2D eigenvalue weighted by Crippen LogP contribution is 2.35. The van der Waals surface area contributed by atoms with Crippen molar-refractivity contribution in [1.29, 1.82) is 0 Å². The fraction of sp³-hybridized carbons (Fsp3) is 0.545. The standard InChI is InChI=1S/C11H16BrN3/c1-11(7-13)3-5-15(8-11)10-2-4-14-6-9(10)12/h2,4,6H,3,5,7-8,13H2,1H3. The molecule has 1 saturated heterocycles. The Kier molecular flexibility index (Phi) is 2.98. The summed E-state index contributed by atoms with van der Waals surface area (Å²) in [6.07, 6.45) is 4.84. The summed E-state index contributed by atoms with van der Waals surface area (Å²) < 4.78 is 1.06. The number of anilines is 1. The molecule has 0 bridgehead atoms. The number of pyridine rings is 1. The van der Waals surface area contributed by atoms with Crippen molar-refractivity contribution in [1.82, 2.24) is 4.98 Å². The molecule has 1 atom stereocenters. The van der Waals surface area contributed by atoms with Gasteiger partial charge in [0.2, 0.25) is 0 Å². The third-order valence-corrected chi connectivity index (χ3v) is 3.75. The third kappa shape index (κ3) is 2.16. The quantitative estimate of drug-likeness (QED) is 0.894. The second-order valence-electron chi connectivity index (χ2n) is 4.51. The van der Waals surface area contributed by atoms with Crippen LogP contribution in [0.3, 0.4) is 0 Å². The van der Waals surface area contributed by atoms with Gasteiger partial charge in [-0.3, -0.25) is 4.98 Å². The maximum atomic E-state index is 5.80. The molecular formula is C11H16BrN3. The summed E-state index contributed by atoms with van der Waals surface area (Å²) in [4.78, 5) is 6.45. The van der Waals surface area contributed by atoms with Crippen molar-refractivity contribution in [2.75, 3.05) is 24.5 Å². The second kappa shape index (κ2) is 4.10. The first kappa shape index (κ1) is 10.9. The Hall–Kier alpha value is -0.610. The average molecular weight is 270 g/mol. The molecule has 1 fully saturated rings. The lowest BCUT2D eigenvalue weighted by Gasteiger charge is -2.24. The number of nitrogens with zero attached hydrogens (tertiary/aromatic N) is 2. The van der Waals surface area contributed by atoms with E-state index in [9.17, 15) is 0 Å². The van der Waals surface area contributed by atoms with Crippen LogP contribution in [0.15, 0.2) is 22.9 Å². The lowest BCUT2D eigenvalue weighted by molar-refractivity contribution is 0.383. The monoisotopic (exact) mass is 269 g/mol. The Morgan fingerprint density at radius 2 is 2.47 bits per heavy atom. The van der Waals surface area contributed by atoms with Gasteiger partial charge in [0.1, 0.15) is 0 Å². The van der Waals surface area contributed by atoms with E-state index in [2.05, 4.69) is 32.7 Å². The Bertz CT molecular complexity index is 355. The van der Waals surface area contributed by atoms with Crippen LogP contribution in [-0.4, -0.2) is 24.6 Å². The molecule has 1 aliphatic heterocycles. The highest BCUT2D eigenvalue weighted by molar-refractivity contribution is 9.10. The van der Waals surface area contributed by atoms with Crippen molar-refractivity contribution in [3.8, 4) is 0 Å². The fourth-order valence-electron chi connectivity index (χ4n) is 2.02. The predicted molar refractivity (Wildman–Crippen MR) is 65.9 cm³/mol. The van der Waals surface area contributed by atoms with Crippen molar-refractivity contribution in [3.05, 3.63) is 22.9 Å². The highest BCUT2D eigenvalue weighted by Gasteiger charge is 2.33. The summed E-state index contributed by atoms with van der Waals surface area (Å²) >= 11 is 3.53. The van der Waals surface area contributed by atoms with E-state index >= 15 is 0 Å². The molecule has 1 aromatic heterocycles. The topological polar surface area (TPSA) is 42.1 Å². The summed E-state index contributed by atoms with van der Waals surface area (Å²) in [7, 11) is 0. The molecule has 2 N–H and O–H groups in total. The van der Waals surface area contributed by atoms with Crippen molar-refractivity contribution in [3.63, 3.8) is 0 Å². The molecule has 0 aliphatic carbocycles. The number of rotatable bonds is 2. The second-order valence-corrected chi connectivity index (χ2v) is 5.37. The molecule has 2 rings (SSSR count). The highest BCUT2D eigenvalue weighted by atomic mass is 79.9. The van der Waals surface area contributed by atoms with Crippen LogP contribution >= 0.6 is 15.9 Å². The van der Waals surface area contributed by atoms with E-state index in [0.29, 0.717) is 0 Å². The van der Waals surface area contributed by atoms with Gasteiger partial charge in [0.15, 0.2) is 0 Å². The number of hydrogen-bond donors (Lipinski definition) is 1. The third-order valence-electron chi connectivity index (χ3n) is 3.14. The zero-order valence-electron chi connectivity index (χ0n) is 8.91. The zero-order valence-corrected chi connectivity index (χ0v) is 10.5. The minimum absolute atomic E-state index is 0.267. The molecule has 15 heavy (non-hydrogen) atoms. The van der Waals surface area contributed by atoms with E-state index in [-0.39, 0.29) is 5.41 Å². The van der Waals surface area contributed by atoms with Gasteiger partial charge in [-0.25, -0.2) is 0 Å². The van der Waals surface area contributed by atoms with Gasteiger partial charge in [-0.1, -0.05) is 6.92 Å². The minimum atomic E-state index is 0.267. The van der Waals surface area contributed by atoms with E-state index in [1.807, 2.05) is 18.5 Å². The molecule has 2 heterocycles. The van der Waals surface area contributed by atoms with E-state index in [1.165, 1.54) is 5.69 Å². The van der Waals surface area contributed by atoms with Crippen LogP contribution in [0.25, 0.3) is 0 Å². The molecule has 82 valence electrons. The Labute approximate surface area is 98.8 Å². The van der Waals surface area contributed by atoms with E-state index < -0.39 is 0 Å². The van der Waals surface area contributed by atoms with E-state index in [0.717, 1.165) is 30.5 Å². The summed E-state index contributed by atoms with van der Waals surface area (Å²) in [6, 6.07) is 2.05. The molecule has 1 aromatic rings. The summed E-state index contributed by atoms with van der Waals surface area (Å²) in [5, 5.41) is 0. The Morgan fingerprint density at radius 1 is 1.67 bits per heavy atom. The summed E-state index contributed by atoms with van der Waals surface area (Å²) in [5.41, 5.74) is 7.29. The first-order valence-electron chi connectivity index (χ1n) is 5.19. The maximum Gasteiger partial charge on any atom is 0.0592 e. The van der Waals surface area contributed by atoms with Gasteiger partial charge in [0, 0.05) is 25.5 Å². The summed E-state index contributed by atoms with van der Waals surface area (Å²) in [5.74, 6) is 0. The van der Waals surface area contributed by atoms with Gasteiger partial charge in [0.05, 0.1) is 10.2 Å². The molecule has 0 saturated carbocycles. The van der Waals surface area contributed by atoms with E-state index in [1.54, 1.807) is 0 Å². The average Bonchev–Trinajstić information content (AvgIpc) is 2.63. The number of aromatic nitrogens is 1. The van der Waals surface area contributed by atoms with Crippen LogP contribution in [0.1, 0.15) is 13.3 Å². The van der Waals surface area contributed by atoms with E-state index in [4.69, 9.17) is 5.73 Å². The first-order valence-corrected chi connectivity index (χ1v) is 5.98. The lowest BCUT2D eigenvalue weighted by Crippen LogP contribution is -2.31. The van der Waals surface area contributed by atoms with Gasteiger partial charge in [0.25, 0.3) is 0 Å². The molecule has 1 aliphatic rings. The first-order chi connectivity index (χ1) is 7.14. The van der Waals surface area contributed by atoms with Crippen molar-refractivity contribution >= 4 is 21.6 Å². The van der Waals surface area contributed by atoms with Crippen LogP contribution in [0.5, 0.6) is 0 Å². The molecule has 4 heteroatoms.